The van der Waals surface area contributed by atoms with Gasteiger partial charge >= 0.3 is 0 Å². The predicted molar refractivity (Wildman–Crippen MR) is 80.4 cm³/mol. The first-order chi connectivity index (χ1) is 9.06. The van der Waals surface area contributed by atoms with E-state index in [9.17, 15) is 9.90 Å². The quantitative estimate of drug-likeness (QED) is 0.674. The second kappa shape index (κ2) is 5.85. The average molecular weight is 317 g/mol. The highest BCUT2D eigenvalue weighted by molar-refractivity contribution is 9.10. The molecule has 0 radical (unpaired) electrons. The minimum Gasteiger partial charge on any atom is -0.508 e. The summed E-state index contributed by atoms with van der Waals surface area (Å²) in [5.74, 6) is -0.0371. The van der Waals surface area contributed by atoms with Crippen molar-refractivity contribution in [3.63, 3.8) is 0 Å². The summed E-state index contributed by atoms with van der Waals surface area (Å²) in [5.41, 5.74) is 2.57. The third-order valence-corrected chi connectivity index (χ3v) is 3.61. The molecule has 3 heteroatoms. The fraction of sp³-hybridized carbons (Fsp3) is 0.0625. The summed E-state index contributed by atoms with van der Waals surface area (Å²) < 4.78 is 1.01. The van der Waals surface area contributed by atoms with Crippen LogP contribution in [0.2, 0.25) is 0 Å². The fourth-order valence-electron chi connectivity index (χ4n) is 1.64. The molecule has 0 atom stereocenters. The van der Waals surface area contributed by atoms with Crippen LogP contribution in [0.25, 0.3) is 6.08 Å². The van der Waals surface area contributed by atoms with Crippen molar-refractivity contribution in [2.75, 3.05) is 0 Å². The van der Waals surface area contributed by atoms with Gasteiger partial charge in [-0.05, 0) is 42.3 Å². The van der Waals surface area contributed by atoms with Crippen molar-refractivity contribution in [1.29, 1.82) is 0 Å². The number of aryl methyl sites for hydroxylation is 1. The van der Waals surface area contributed by atoms with E-state index in [0.717, 1.165) is 15.6 Å². The van der Waals surface area contributed by atoms with Gasteiger partial charge in [0.2, 0.25) is 0 Å². The highest BCUT2D eigenvalue weighted by Crippen LogP contribution is 2.19. The maximum Gasteiger partial charge on any atom is 0.185 e. The number of hydrogen-bond acceptors (Lipinski definition) is 2. The first-order valence-corrected chi connectivity index (χ1v) is 6.63. The number of rotatable bonds is 3. The van der Waals surface area contributed by atoms with Crippen molar-refractivity contribution < 1.29 is 9.90 Å². The number of benzene rings is 2. The molecule has 1 N–H and O–H groups in total. The van der Waals surface area contributed by atoms with E-state index in [4.69, 9.17) is 0 Å². The molecule has 0 aliphatic rings. The normalized spacial score (nSPS) is 10.8. The number of aromatic hydroxyl groups is 1. The fourth-order valence-corrected chi connectivity index (χ4v) is 2.04. The Morgan fingerprint density at radius 3 is 2.68 bits per heavy atom. The number of ketones is 1. The maximum atomic E-state index is 11.9. The molecule has 0 bridgehead atoms. The van der Waals surface area contributed by atoms with Gasteiger partial charge in [-0.2, -0.15) is 0 Å². The van der Waals surface area contributed by atoms with Gasteiger partial charge in [0.25, 0.3) is 0 Å². The van der Waals surface area contributed by atoms with E-state index < -0.39 is 0 Å². The molecule has 0 aromatic heterocycles. The van der Waals surface area contributed by atoms with Crippen LogP contribution in [0, 0.1) is 6.92 Å². The lowest BCUT2D eigenvalue weighted by molar-refractivity contribution is 0.104. The third kappa shape index (κ3) is 3.55. The SMILES string of the molecule is Cc1ccc(/C=C/C(=O)c2cccc(O)c2)cc1Br. The summed E-state index contributed by atoms with van der Waals surface area (Å²) in [6.07, 6.45) is 3.27. The Bertz CT molecular complexity index is 645. The van der Waals surface area contributed by atoms with Crippen LogP contribution in [0.15, 0.2) is 53.0 Å². The highest BCUT2D eigenvalue weighted by atomic mass is 79.9. The highest BCUT2D eigenvalue weighted by Gasteiger charge is 2.02. The molecular weight excluding hydrogens is 304 g/mol. The standard InChI is InChI=1S/C16H13BrO2/c1-11-5-6-12(9-15(11)17)7-8-16(19)13-3-2-4-14(18)10-13/h2-10,18H,1H3/b8-7+. The summed E-state index contributed by atoms with van der Waals surface area (Å²) in [6.45, 7) is 2.01. The summed E-state index contributed by atoms with van der Waals surface area (Å²) >= 11 is 3.46. The van der Waals surface area contributed by atoms with Gasteiger partial charge < -0.3 is 5.11 Å². The lowest BCUT2D eigenvalue weighted by Crippen LogP contribution is -1.93. The van der Waals surface area contributed by atoms with Crippen molar-refractivity contribution in [3.05, 3.63) is 69.7 Å². The topological polar surface area (TPSA) is 37.3 Å². The van der Waals surface area contributed by atoms with Crippen LogP contribution in [-0.4, -0.2) is 10.9 Å². The monoisotopic (exact) mass is 316 g/mol. The first kappa shape index (κ1) is 13.6. The number of carbonyl (C=O) groups is 1. The molecule has 0 saturated carbocycles. The molecule has 2 rings (SSSR count). The largest absolute Gasteiger partial charge is 0.508 e. The van der Waals surface area contributed by atoms with Gasteiger partial charge in [0.1, 0.15) is 5.75 Å². The Kier molecular flexibility index (Phi) is 4.17. The van der Waals surface area contributed by atoms with E-state index in [1.807, 2.05) is 25.1 Å². The van der Waals surface area contributed by atoms with Crippen molar-refractivity contribution in [1.82, 2.24) is 0 Å². The minimum absolute atomic E-state index is 0.0948. The van der Waals surface area contributed by atoms with Crippen LogP contribution in [0.4, 0.5) is 0 Å². The molecule has 96 valence electrons. The van der Waals surface area contributed by atoms with Crippen LogP contribution >= 0.6 is 15.9 Å². The summed E-state index contributed by atoms with van der Waals surface area (Å²) in [7, 11) is 0. The van der Waals surface area contributed by atoms with Gasteiger partial charge in [-0.15, -0.1) is 0 Å². The van der Waals surface area contributed by atoms with Gasteiger partial charge in [0.05, 0.1) is 0 Å². The molecule has 0 amide bonds. The van der Waals surface area contributed by atoms with Gasteiger partial charge in [0, 0.05) is 10.0 Å². The van der Waals surface area contributed by atoms with Crippen LogP contribution in [-0.2, 0) is 0 Å². The number of halogens is 1. The minimum atomic E-state index is -0.132. The first-order valence-electron chi connectivity index (χ1n) is 5.84. The lowest BCUT2D eigenvalue weighted by atomic mass is 10.1. The third-order valence-electron chi connectivity index (χ3n) is 2.75. The second-order valence-corrected chi connectivity index (χ2v) is 5.11. The molecule has 19 heavy (non-hydrogen) atoms. The Morgan fingerprint density at radius 2 is 2.00 bits per heavy atom. The summed E-state index contributed by atoms with van der Waals surface area (Å²) in [4.78, 5) is 11.9. The molecule has 0 aliphatic heterocycles. The van der Waals surface area contributed by atoms with E-state index in [2.05, 4.69) is 15.9 Å². The zero-order valence-electron chi connectivity index (χ0n) is 10.4. The Morgan fingerprint density at radius 1 is 1.21 bits per heavy atom. The van der Waals surface area contributed by atoms with Crippen LogP contribution in [0.3, 0.4) is 0 Å². The van der Waals surface area contributed by atoms with E-state index >= 15 is 0 Å². The molecule has 0 unspecified atom stereocenters. The smallest absolute Gasteiger partial charge is 0.185 e. The maximum absolute atomic E-state index is 11.9. The summed E-state index contributed by atoms with van der Waals surface area (Å²) in [6, 6.07) is 12.2. The van der Waals surface area contributed by atoms with Crippen LogP contribution < -0.4 is 0 Å². The Labute approximate surface area is 120 Å². The van der Waals surface area contributed by atoms with Crippen molar-refractivity contribution in [2.24, 2.45) is 0 Å². The molecule has 0 saturated heterocycles. The van der Waals surface area contributed by atoms with E-state index in [0.29, 0.717) is 5.56 Å². The van der Waals surface area contributed by atoms with Crippen LogP contribution in [0.1, 0.15) is 21.5 Å². The predicted octanol–water partition coefficient (Wildman–Crippen LogP) is 4.36. The number of phenols is 1. The Hall–Kier alpha value is -1.87. The van der Waals surface area contributed by atoms with E-state index in [-0.39, 0.29) is 11.5 Å². The molecule has 0 heterocycles. The number of hydrogen-bond donors (Lipinski definition) is 1. The molecule has 0 aliphatic carbocycles. The lowest BCUT2D eigenvalue weighted by Gasteiger charge is -2.00. The van der Waals surface area contributed by atoms with Crippen molar-refractivity contribution in [3.8, 4) is 5.75 Å². The Balaban J connectivity index is 2.18. The number of allylic oxidation sites excluding steroid dienone is 1. The second-order valence-electron chi connectivity index (χ2n) is 4.26. The zero-order chi connectivity index (χ0) is 13.8. The van der Waals surface area contributed by atoms with Gasteiger partial charge in [-0.3, -0.25) is 4.79 Å². The summed E-state index contributed by atoms with van der Waals surface area (Å²) in [5, 5.41) is 9.33. The molecule has 0 fully saturated rings. The molecular formula is C16H13BrO2. The zero-order valence-corrected chi connectivity index (χ0v) is 12.0. The van der Waals surface area contributed by atoms with Crippen molar-refractivity contribution >= 4 is 27.8 Å². The van der Waals surface area contributed by atoms with Crippen LogP contribution in [0.5, 0.6) is 5.75 Å². The number of carbonyl (C=O) groups excluding carboxylic acids is 1. The van der Waals surface area contributed by atoms with Gasteiger partial charge in [-0.1, -0.05) is 46.3 Å². The molecule has 2 aromatic rings. The van der Waals surface area contributed by atoms with Gasteiger partial charge in [-0.25, -0.2) is 0 Å². The van der Waals surface area contributed by atoms with E-state index in [1.54, 1.807) is 18.2 Å². The van der Waals surface area contributed by atoms with Gasteiger partial charge in [0.15, 0.2) is 5.78 Å². The molecule has 2 nitrogen and oxygen atoms in total. The van der Waals surface area contributed by atoms with E-state index in [1.165, 1.54) is 18.2 Å². The molecule has 0 spiro atoms. The number of phenolic OH excluding ortho intramolecular Hbond substituents is 1. The average Bonchev–Trinajstić information content (AvgIpc) is 2.40. The molecule has 2 aromatic carbocycles. The van der Waals surface area contributed by atoms with Crippen molar-refractivity contribution in [2.45, 2.75) is 6.92 Å².